The van der Waals surface area contributed by atoms with Crippen molar-refractivity contribution in [1.82, 2.24) is 15.1 Å². The normalized spacial score (nSPS) is 10.6. The number of hydrogen-bond donors (Lipinski definition) is 1. The molecule has 1 amide bonds. The molecule has 0 aliphatic heterocycles. The van der Waals surface area contributed by atoms with E-state index < -0.39 is 0 Å². The summed E-state index contributed by atoms with van der Waals surface area (Å²) in [5.41, 5.74) is 4.91. The Morgan fingerprint density at radius 1 is 0.909 bits per heavy atom. The van der Waals surface area contributed by atoms with Crippen molar-refractivity contribution < 1.29 is 14.3 Å². The molecule has 0 aliphatic rings. The summed E-state index contributed by atoms with van der Waals surface area (Å²) in [6.45, 7) is 2.41. The number of carbonyl (C=O) groups is 1. The van der Waals surface area contributed by atoms with Gasteiger partial charge in [-0.3, -0.25) is 4.79 Å². The van der Waals surface area contributed by atoms with Crippen molar-refractivity contribution in [2.45, 2.75) is 13.3 Å². The van der Waals surface area contributed by atoms with E-state index in [1.165, 1.54) is 0 Å². The lowest BCUT2D eigenvalue weighted by atomic mass is 10.1. The van der Waals surface area contributed by atoms with Gasteiger partial charge in [0.2, 0.25) is 0 Å². The Labute approximate surface area is 193 Å². The van der Waals surface area contributed by atoms with Gasteiger partial charge in [0.25, 0.3) is 5.91 Å². The minimum atomic E-state index is -0.144. The number of aromatic nitrogens is 2. The summed E-state index contributed by atoms with van der Waals surface area (Å²) in [7, 11) is 3.22. The molecule has 33 heavy (non-hydrogen) atoms. The molecule has 168 valence electrons. The van der Waals surface area contributed by atoms with Gasteiger partial charge in [0.15, 0.2) is 11.5 Å². The molecule has 6 heteroatoms. The van der Waals surface area contributed by atoms with E-state index in [9.17, 15) is 4.79 Å². The first-order valence-electron chi connectivity index (χ1n) is 10.8. The summed E-state index contributed by atoms with van der Waals surface area (Å²) in [6.07, 6.45) is 0.665. The Kier molecular flexibility index (Phi) is 6.74. The number of para-hydroxylation sites is 1. The number of amides is 1. The van der Waals surface area contributed by atoms with E-state index in [1.807, 2.05) is 90.5 Å². The first-order valence-corrected chi connectivity index (χ1v) is 10.8. The van der Waals surface area contributed by atoms with Crippen molar-refractivity contribution in [3.63, 3.8) is 0 Å². The second-order valence-corrected chi connectivity index (χ2v) is 7.62. The van der Waals surface area contributed by atoms with Crippen LogP contribution in [0.4, 0.5) is 0 Å². The van der Waals surface area contributed by atoms with E-state index in [1.54, 1.807) is 14.2 Å². The van der Waals surface area contributed by atoms with Gasteiger partial charge in [-0.1, -0.05) is 54.6 Å². The van der Waals surface area contributed by atoms with Crippen LogP contribution in [0.2, 0.25) is 0 Å². The molecule has 0 spiro atoms. The SMILES string of the molecule is COc1ccc(CCNC(=O)c2c(-c3ccccc3)nn(-c3ccccc3)c2C)cc1OC. The Balaban J connectivity index is 1.58. The van der Waals surface area contributed by atoms with Crippen LogP contribution in [0.3, 0.4) is 0 Å². The number of hydrogen-bond acceptors (Lipinski definition) is 4. The first kappa shape index (κ1) is 22.1. The third kappa shape index (κ3) is 4.75. The van der Waals surface area contributed by atoms with Gasteiger partial charge < -0.3 is 14.8 Å². The molecular formula is C27H27N3O3. The summed E-state index contributed by atoms with van der Waals surface area (Å²) in [5.74, 6) is 1.21. The van der Waals surface area contributed by atoms with Crippen LogP contribution < -0.4 is 14.8 Å². The Morgan fingerprint density at radius 2 is 1.58 bits per heavy atom. The molecular weight excluding hydrogens is 414 g/mol. The summed E-state index contributed by atoms with van der Waals surface area (Å²) in [6, 6.07) is 25.4. The van der Waals surface area contributed by atoms with E-state index in [0.29, 0.717) is 35.7 Å². The number of carbonyl (C=O) groups excluding carboxylic acids is 1. The van der Waals surface area contributed by atoms with Gasteiger partial charge in [0.1, 0.15) is 5.69 Å². The molecule has 1 aromatic heterocycles. The summed E-state index contributed by atoms with van der Waals surface area (Å²) in [4.78, 5) is 13.3. The Hall–Kier alpha value is -4.06. The molecule has 0 fully saturated rings. The zero-order chi connectivity index (χ0) is 23.2. The summed E-state index contributed by atoms with van der Waals surface area (Å²) in [5, 5.41) is 7.87. The Bertz CT molecular complexity index is 1230. The van der Waals surface area contributed by atoms with E-state index in [0.717, 1.165) is 22.5 Å². The lowest BCUT2D eigenvalue weighted by Crippen LogP contribution is -2.26. The molecule has 0 saturated heterocycles. The van der Waals surface area contributed by atoms with Gasteiger partial charge in [-0.2, -0.15) is 5.10 Å². The smallest absolute Gasteiger partial charge is 0.255 e. The molecule has 1 N–H and O–H groups in total. The Morgan fingerprint density at radius 3 is 2.24 bits per heavy atom. The number of rotatable bonds is 8. The van der Waals surface area contributed by atoms with Crippen LogP contribution in [0.15, 0.2) is 78.9 Å². The second kappa shape index (κ2) is 10.0. The molecule has 0 unspecified atom stereocenters. The van der Waals surface area contributed by atoms with Crippen molar-refractivity contribution in [2.75, 3.05) is 20.8 Å². The number of ether oxygens (including phenoxy) is 2. The molecule has 0 aliphatic carbocycles. The van der Waals surface area contributed by atoms with Crippen LogP contribution >= 0.6 is 0 Å². The zero-order valence-corrected chi connectivity index (χ0v) is 19.0. The van der Waals surface area contributed by atoms with E-state index in [2.05, 4.69) is 5.32 Å². The fourth-order valence-electron chi connectivity index (χ4n) is 3.84. The third-order valence-corrected chi connectivity index (χ3v) is 5.54. The molecule has 0 atom stereocenters. The van der Waals surface area contributed by atoms with E-state index in [-0.39, 0.29) is 5.91 Å². The van der Waals surface area contributed by atoms with Crippen molar-refractivity contribution in [2.24, 2.45) is 0 Å². The fraction of sp³-hybridized carbons (Fsp3) is 0.185. The number of benzene rings is 3. The van der Waals surface area contributed by atoms with Gasteiger partial charge in [0, 0.05) is 12.1 Å². The molecule has 1 heterocycles. The lowest BCUT2D eigenvalue weighted by molar-refractivity contribution is 0.0954. The average molecular weight is 442 g/mol. The molecule has 0 bridgehead atoms. The highest BCUT2D eigenvalue weighted by Gasteiger charge is 2.22. The van der Waals surface area contributed by atoms with Gasteiger partial charge in [0.05, 0.1) is 31.2 Å². The van der Waals surface area contributed by atoms with Crippen LogP contribution in [0.1, 0.15) is 21.6 Å². The van der Waals surface area contributed by atoms with Crippen molar-refractivity contribution in [3.05, 3.63) is 95.7 Å². The predicted molar refractivity (Wildman–Crippen MR) is 129 cm³/mol. The molecule has 0 radical (unpaired) electrons. The molecule has 4 aromatic rings. The monoisotopic (exact) mass is 441 g/mol. The van der Waals surface area contributed by atoms with Gasteiger partial charge in [-0.25, -0.2) is 4.68 Å². The highest BCUT2D eigenvalue weighted by Crippen LogP contribution is 2.28. The highest BCUT2D eigenvalue weighted by molar-refractivity contribution is 6.01. The van der Waals surface area contributed by atoms with Crippen LogP contribution in [0.25, 0.3) is 16.9 Å². The van der Waals surface area contributed by atoms with E-state index >= 15 is 0 Å². The van der Waals surface area contributed by atoms with Gasteiger partial charge in [-0.15, -0.1) is 0 Å². The average Bonchev–Trinajstić information content (AvgIpc) is 3.22. The topological polar surface area (TPSA) is 65.4 Å². The van der Waals surface area contributed by atoms with E-state index in [4.69, 9.17) is 14.6 Å². The minimum Gasteiger partial charge on any atom is -0.493 e. The third-order valence-electron chi connectivity index (χ3n) is 5.54. The number of methoxy groups -OCH3 is 2. The predicted octanol–water partition coefficient (Wildman–Crippen LogP) is 4.84. The second-order valence-electron chi connectivity index (χ2n) is 7.62. The zero-order valence-electron chi connectivity index (χ0n) is 19.0. The van der Waals surface area contributed by atoms with Gasteiger partial charge in [-0.05, 0) is 43.2 Å². The molecule has 4 rings (SSSR count). The van der Waals surface area contributed by atoms with Crippen molar-refractivity contribution in [1.29, 1.82) is 0 Å². The minimum absolute atomic E-state index is 0.144. The quantitative estimate of drug-likeness (QED) is 0.425. The van der Waals surface area contributed by atoms with Crippen LogP contribution in [-0.4, -0.2) is 36.5 Å². The van der Waals surface area contributed by atoms with Gasteiger partial charge >= 0.3 is 0 Å². The first-order chi connectivity index (χ1) is 16.1. The van der Waals surface area contributed by atoms with Crippen LogP contribution in [-0.2, 0) is 6.42 Å². The largest absolute Gasteiger partial charge is 0.493 e. The molecule has 6 nitrogen and oxygen atoms in total. The van der Waals surface area contributed by atoms with Crippen molar-refractivity contribution >= 4 is 5.91 Å². The highest BCUT2D eigenvalue weighted by atomic mass is 16.5. The molecule has 0 saturated carbocycles. The number of nitrogens with one attached hydrogen (secondary N) is 1. The van der Waals surface area contributed by atoms with Crippen molar-refractivity contribution in [3.8, 4) is 28.4 Å². The maximum Gasteiger partial charge on any atom is 0.255 e. The standard InChI is InChI=1S/C27H27N3O3/c1-19-25(27(31)28-17-16-20-14-15-23(32-2)24(18-20)33-3)26(21-10-6-4-7-11-21)29-30(19)22-12-8-5-9-13-22/h4-15,18H,16-17H2,1-3H3,(H,28,31). The summed E-state index contributed by atoms with van der Waals surface area (Å²) >= 11 is 0. The summed E-state index contributed by atoms with van der Waals surface area (Å²) < 4.78 is 12.5. The number of nitrogens with zero attached hydrogens (tertiary/aromatic N) is 2. The maximum atomic E-state index is 13.3. The maximum absolute atomic E-state index is 13.3. The fourth-order valence-corrected chi connectivity index (χ4v) is 3.84. The van der Waals surface area contributed by atoms with Crippen LogP contribution in [0, 0.1) is 6.92 Å². The lowest BCUT2D eigenvalue weighted by Gasteiger charge is -2.10. The van der Waals surface area contributed by atoms with Crippen LogP contribution in [0.5, 0.6) is 11.5 Å². The molecule has 3 aromatic carbocycles.